The Balaban J connectivity index is 2.16. The normalized spacial score (nSPS) is 16.2. The summed E-state index contributed by atoms with van der Waals surface area (Å²) >= 11 is 0. The van der Waals surface area contributed by atoms with Gasteiger partial charge in [-0.3, -0.25) is 9.59 Å². The van der Waals surface area contributed by atoms with Gasteiger partial charge in [0, 0.05) is 36.8 Å². The molecule has 0 saturated carbocycles. The fourth-order valence-electron chi connectivity index (χ4n) is 7.99. The van der Waals surface area contributed by atoms with Crippen molar-refractivity contribution in [2.75, 3.05) is 0 Å². The average Bonchev–Trinajstić information content (AvgIpc) is 3.03. The number of rotatable bonds is 31. The van der Waals surface area contributed by atoms with Crippen LogP contribution in [-0.4, -0.2) is 34.0 Å². The molecule has 0 spiro atoms. The van der Waals surface area contributed by atoms with Gasteiger partial charge in [-0.15, -0.1) is 0 Å². The van der Waals surface area contributed by atoms with Crippen LogP contribution in [0.3, 0.4) is 0 Å². The second kappa shape index (κ2) is 29.0. The van der Waals surface area contributed by atoms with Gasteiger partial charge in [-0.05, 0) is 91.9 Å². The summed E-state index contributed by atoms with van der Waals surface area (Å²) in [6.45, 7) is 13.1. The van der Waals surface area contributed by atoms with Gasteiger partial charge in [-0.25, -0.2) is 0 Å². The van der Waals surface area contributed by atoms with Gasteiger partial charge < -0.3 is 9.64 Å². The second-order valence-electron chi connectivity index (χ2n) is 16.5. The number of amides is 1. The molecule has 4 nitrogen and oxygen atoms in total. The Morgan fingerprint density at radius 3 is 1.22 bits per heavy atom. The van der Waals surface area contributed by atoms with Crippen LogP contribution < -0.4 is 0 Å². The molecule has 0 aliphatic carbocycles. The van der Waals surface area contributed by atoms with Crippen molar-refractivity contribution in [2.24, 2.45) is 0 Å². The zero-order valence-corrected chi connectivity index (χ0v) is 33.8. The molecule has 1 amide bonds. The lowest BCUT2D eigenvalue weighted by Crippen LogP contribution is -2.64. The number of ether oxygens (including phenoxy) is 1. The summed E-state index contributed by atoms with van der Waals surface area (Å²) in [5, 5.41) is 0. The molecule has 1 rings (SSSR count). The minimum Gasteiger partial charge on any atom is -0.462 e. The van der Waals surface area contributed by atoms with E-state index < -0.39 is 0 Å². The number of unbranched alkanes of at least 4 members (excludes halogenated alkanes) is 22. The molecule has 286 valence electrons. The third-order valence-electron chi connectivity index (χ3n) is 10.5. The molecule has 0 radical (unpaired) electrons. The highest BCUT2D eigenvalue weighted by atomic mass is 16.5. The summed E-state index contributed by atoms with van der Waals surface area (Å²) < 4.78 is 6.01. The molecule has 0 aromatic rings. The van der Waals surface area contributed by atoms with Gasteiger partial charge >= 0.3 is 5.97 Å². The summed E-state index contributed by atoms with van der Waals surface area (Å²) in [6, 6.07) is 0. The second-order valence-corrected chi connectivity index (χ2v) is 16.5. The van der Waals surface area contributed by atoms with E-state index in [-0.39, 0.29) is 29.1 Å². The van der Waals surface area contributed by atoms with Crippen molar-refractivity contribution in [1.82, 2.24) is 4.90 Å². The number of hydrogen-bond donors (Lipinski definition) is 0. The molecular weight excluding hydrogens is 602 g/mol. The fraction of sp³-hybridized carbons (Fsp3) is 0.867. The molecule has 0 bridgehead atoms. The van der Waals surface area contributed by atoms with E-state index in [2.05, 4.69) is 70.7 Å². The fourth-order valence-corrected chi connectivity index (χ4v) is 7.99. The maximum atomic E-state index is 13.5. The first-order chi connectivity index (χ1) is 23.6. The Labute approximate surface area is 306 Å². The highest BCUT2D eigenvalue weighted by Gasteiger charge is 2.48. The summed E-state index contributed by atoms with van der Waals surface area (Å²) in [7, 11) is 0. The average molecular weight is 686 g/mol. The Hall–Kier alpha value is -1.58. The van der Waals surface area contributed by atoms with Crippen LogP contribution in [0, 0.1) is 0 Å². The molecule has 0 N–H and O–H groups in total. The highest BCUT2D eigenvalue weighted by Crippen LogP contribution is 2.40. The molecule has 1 heterocycles. The number of allylic oxidation sites excluding steroid dienone is 4. The number of carbonyl (C=O) groups is 2. The van der Waals surface area contributed by atoms with Crippen LogP contribution in [0.15, 0.2) is 24.3 Å². The number of carbonyl (C=O) groups excluding carboxylic acids is 2. The largest absolute Gasteiger partial charge is 0.462 e. The zero-order valence-electron chi connectivity index (χ0n) is 33.8. The van der Waals surface area contributed by atoms with E-state index in [1.807, 2.05) is 0 Å². The lowest BCUT2D eigenvalue weighted by molar-refractivity contribution is -0.167. The zero-order chi connectivity index (χ0) is 36.1. The van der Waals surface area contributed by atoms with Crippen molar-refractivity contribution in [3.8, 4) is 0 Å². The number of hydrogen-bond acceptors (Lipinski definition) is 3. The number of piperidine rings is 1. The summed E-state index contributed by atoms with van der Waals surface area (Å²) in [5.74, 6) is 0.188. The molecule has 1 aliphatic rings. The van der Waals surface area contributed by atoms with Gasteiger partial charge in [0.15, 0.2) is 0 Å². The van der Waals surface area contributed by atoms with Crippen LogP contribution in [-0.2, 0) is 14.3 Å². The number of esters is 1. The van der Waals surface area contributed by atoms with Crippen LogP contribution in [0.4, 0.5) is 0 Å². The van der Waals surface area contributed by atoms with Crippen molar-refractivity contribution < 1.29 is 14.3 Å². The van der Waals surface area contributed by atoms with Crippen molar-refractivity contribution >= 4 is 11.9 Å². The molecule has 49 heavy (non-hydrogen) atoms. The van der Waals surface area contributed by atoms with Gasteiger partial charge in [0.25, 0.3) is 0 Å². The molecule has 1 saturated heterocycles. The molecule has 0 unspecified atom stereocenters. The predicted octanol–water partition coefficient (Wildman–Crippen LogP) is 14.2. The Bertz CT molecular complexity index is 854. The van der Waals surface area contributed by atoms with Crippen molar-refractivity contribution in [3.63, 3.8) is 0 Å². The SMILES string of the molecule is CCCCCCCCC=CCCCCCCCC(=O)OC1CC(C)(C)N(C(=O)CCCCCCCC=CCCCCCCCC)C(C)(C)C1. The van der Waals surface area contributed by atoms with Gasteiger partial charge in [0.05, 0.1) is 0 Å². The van der Waals surface area contributed by atoms with E-state index in [1.54, 1.807) is 0 Å². The van der Waals surface area contributed by atoms with Crippen LogP contribution in [0.2, 0.25) is 0 Å². The van der Waals surface area contributed by atoms with Gasteiger partial charge in [0.2, 0.25) is 5.91 Å². The molecule has 0 aromatic heterocycles. The third-order valence-corrected chi connectivity index (χ3v) is 10.5. The Kier molecular flexibility index (Phi) is 26.9. The first kappa shape index (κ1) is 45.4. The number of nitrogens with zero attached hydrogens (tertiary/aromatic N) is 1. The van der Waals surface area contributed by atoms with Crippen LogP contribution in [0.1, 0.15) is 234 Å². The predicted molar refractivity (Wildman–Crippen MR) is 213 cm³/mol. The van der Waals surface area contributed by atoms with E-state index in [9.17, 15) is 9.59 Å². The van der Waals surface area contributed by atoms with E-state index >= 15 is 0 Å². The Morgan fingerprint density at radius 1 is 0.510 bits per heavy atom. The van der Waals surface area contributed by atoms with E-state index in [0.717, 1.165) is 25.7 Å². The van der Waals surface area contributed by atoms with Crippen molar-refractivity contribution in [2.45, 2.75) is 251 Å². The molecule has 4 heteroatoms. The van der Waals surface area contributed by atoms with E-state index in [0.29, 0.717) is 25.7 Å². The first-order valence-electron chi connectivity index (χ1n) is 21.5. The third kappa shape index (κ3) is 23.5. The van der Waals surface area contributed by atoms with Crippen molar-refractivity contribution in [3.05, 3.63) is 24.3 Å². The van der Waals surface area contributed by atoms with Crippen LogP contribution >= 0.6 is 0 Å². The smallest absolute Gasteiger partial charge is 0.306 e. The highest BCUT2D eigenvalue weighted by molar-refractivity contribution is 5.78. The van der Waals surface area contributed by atoms with Crippen LogP contribution in [0.5, 0.6) is 0 Å². The lowest BCUT2D eigenvalue weighted by Gasteiger charge is -2.55. The maximum absolute atomic E-state index is 13.5. The van der Waals surface area contributed by atoms with E-state index in [4.69, 9.17) is 4.74 Å². The molecule has 1 aliphatic heterocycles. The molecule has 0 aromatic carbocycles. The standard InChI is InChI=1S/C45H83NO3/c1-7-9-11-13-15-17-19-21-23-25-27-29-31-33-35-37-42(47)46-44(3,4)39-41(40-45(46,5)6)49-43(48)38-36-34-32-30-28-26-24-22-20-18-16-14-12-10-8-2/h21-24,41H,7-20,25-40H2,1-6H3. The Morgan fingerprint density at radius 2 is 0.837 bits per heavy atom. The van der Waals surface area contributed by atoms with E-state index in [1.165, 1.54) is 141 Å². The minimum atomic E-state index is -0.325. The van der Waals surface area contributed by atoms with Crippen molar-refractivity contribution in [1.29, 1.82) is 0 Å². The summed E-state index contributed by atoms with van der Waals surface area (Å²) in [6.07, 6.45) is 44.7. The molecule has 1 fully saturated rings. The molecular formula is C45H83NO3. The number of likely N-dealkylation sites (tertiary alicyclic amines) is 1. The summed E-state index contributed by atoms with van der Waals surface area (Å²) in [4.78, 5) is 28.3. The lowest BCUT2D eigenvalue weighted by atomic mass is 9.77. The van der Waals surface area contributed by atoms with Gasteiger partial charge in [0.1, 0.15) is 6.10 Å². The quantitative estimate of drug-likeness (QED) is 0.0414. The van der Waals surface area contributed by atoms with Crippen LogP contribution in [0.25, 0.3) is 0 Å². The maximum Gasteiger partial charge on any atom is 0.306 e. The van der Waals surface area contributed by atoms with Gasteiger partial charge in [-0.1, -0.05) is 141 Å². The molecule has 0 atom stereocenters. The first-order valence-corrected chi connectivity index (χ1v) is 21.5. The monoisotopic (exact) mass is 686 g/mol. The van der Waals surface area contributed by atoms with Gasteiger partial charge in [-0.2, -0.15) is 0 Å². The topological polar surface area (TPSA) is 46.6 Å². The minimum absolute atomic E-state index is 0.0673. The summed E-state index contributed by atoms with van der Waals surface area (Å²) in [5.41, 5.74) is -0.649.